The molecule has 6 nitrogen and oxygen atoms in total. The number of hydrogen-bond donors (Lipinski definition) is 1. The van der Waals surface area contributed by atoms with Crippen LogP contribution in [0.5, 0.6) is 0 Å². The van der Waals surface area contributed by atoms with Crippen LogP contribution < -0.4 is 5.32 Å². The number of rotatable bonds is 2. The minimum absolute atomic E-state index is 0.0354. The Morgan fingerprint density at radius 2 is 2.00 bits per heavy atom. The fourth-order valence-corrected chi connectivity index (χ4v) is 3.19. The molecular weight excluding hydrogens is 304 g/mol. The Balaban J connectivity index is 1.57. The van der Waals surface area contributed by atoms with Gasteiger partial charge in [0.05, 0.1) is 6.54 Å². The third kappa shape index (κ3) is 2.46. The second kappa shape index (κ2) is 5.56. The van der Waals surface area contributed by atoms with Crippen molar-refractivity contribution < 1.29 is 9.59 Å². The highest BCUT2D eigenvalue weighted by Crippen LogP contribution is 2.28. The Bertz CT molecular complexity index is 819. The van der Waals surface area contributed by atoms with Gasteiger partial charge in [0.25, 0.3) is 11.8 Å². The van der Waals surface area contributed by atoms with Gasteiger partial charge < -0.3 is 10.2 Å². The fourth-order valence-electron chi connectivity index (χ4n) is 3.19. The maximum absolute atomic E-state index is 12.6. The monoisotopic (exact) mass is 320 g/mol. The van der Waals surface area contributed by atoms with Crippen LogP contribution in [0.25, 0.3) is 0 Å². The molecule has 1 unspecified atom stereocenters. The average molecular weight is 320 g/mol. The number of aromatic nitrogens is 1. The molecule has 0 radical (unpaired) electrons. The van der Waals surface area contributed by atoms with Crippen LogP contribution in [0.3, 0.4) is 0 Å². The van der Waals surface area contributed by atoms with E-state index in [4.69, 9.17) is 0 Å². The van der Waals surface area contributed by atoms with Gasteiger partial charge in [-0.3, -0.25) is 14.6 Å². The lowest BCUT2D eigenvalue weighted by Gasteiger charge is -2.21. The predicted molar refractivity (Wildman–Crippen MR) is 88.6 cm³/mol. The summed E-state index contributed by atoms with van der Waals surface area (Å²) >= 11 is 0. The van der Waals surface area contributed by atoms with Gasteiger partial charge in [0.2, 0.25) is 0 Å². The van der Waals surface area contributed by atoms with Gasteiger partial charge >= 0.3 is 0 Å². The van der Waals surface area contributed by atoms with Gasteiger partial charge in [0.15, 0.2) is 5.66 Å². The van der Waals surface area contributed by atoms with Crippen molar-refractivity contribution >= 4 is 17.5 Å². The summed E-state index contributed by atoms with van der Waals surface area (Å²) < 4.78 is 0. The molecule has 1 aromatic carbocycles. The lowest BCUT2D eigenvalue weighted by atomic mass is 10.1. The summed E-state index contributed by atoms with van der Waals surface area (Å²) in [7, 11) is 0. The number of nitrogens with zero attached hydrogens (tertiary/aromatic N) is 3. The van der Waals surface area contributed by atoms with E-state index < -0.39 is 5.66 Å². The van der Waals surface area contributed by atoms with Crippen LogP contribution in [0.15, 0.2) is 59.9 Å². The van der Waals surface area contributed by atoms with E-state index in [9.17, 15) is 9.59 Å². The zero-order valence-electron chi connectivity index (χ0n) is 13.0. The Morgan fingerprint density at radius 3 is 2.75 bits per heavy atom. The molecule has 6 heteroatoms. The highest BCUT2D eigenvalue weighted by molar-refractivity contribution is 6.46. The largest absolute Gasteiger partial charge is 0.334 e. The molecule has 3 heterocycles. The van der Waals surface area contributed by atoms with Gasteiger partial charge in [-0.15, -0.1) is 0 Å². The van der Waals surface area contributed by atoms with Crippen molar-refractivity contribution in [3.05, 3.63) is 66.0 Å². The highest BCUT2D eigenvalue weighted by atomic mass is 16.2. The normalized spacial score (nSPS) is 22.6. The summed E-state index contributed by atoms with van der Waals surface area (Å²) in [4.78, 5) is 35.3. The smallest absolute Gasteiger partial charge is 0.272 e. The van der Waals surface area contributed by atoms with Gasteiger partial charge in [-0.25, -0.2) is 4.99 Å². The molecule has 2 aliphatic heterocycles. The van der Waals surface area contributed by atoms with Crippen LogP contribution in [-0.2, 0) is 4.79 Å². The molecule has 0 saturated carbocycles. The number of pyridine rings is 1. The molecule has 120 valence electrons. The molecule has 24 heavy (non-hydrogen) atoms. The minimum atomic E-state index is -0.716. The van der Waals surface area contributed by atoms with Crippen LogP contribution in [0.4, 0.5) is 0 Å². The van der Waals surface area contributed by atoms with Gasteiger partial charge in [-0.1, -0.05) is 18.2 Å². The van der Waals surface area contributed by atoms with Crippen molar-refractivity contribution in [2.24, 2.45) is 4.99 Å². The average Bonchev–Trinajstić information content (AvgIpc) is 3.19. The molecule has 1 N–H and O–H groups in total. The number of amides is 2. The van der Waals surface area contributed by atoms with E-state index in [1.54, 1.807) is 35.5 Å². The highest BCUT2D eigenvalue weighted by Gasteiger charge is 2.46. The first kappa shape index (κ1) is 14.6. The Hall–Kier alpha value is -3.02. The first-order valence-electron chi connectivity index (χ1n) is 7.84. The first-order valence-corrected chi connectivity index (χ1v) is 7.84. The van der Waals surface area contributed by atoms with Gasteiger partial charge in [0, 0.05) is 36.5 Å². The number of benzene rings is 1. The zero-order chi connectivity index (χ0) is 16.6. The van der Waals surface area contributed by atoms with E-state index in [0.29, 0.717) is 36.3 Å². The molecule has 1 spiro atoms. The lowest BCUT2D eigenvalue weighted by Crippen LogP contribution is -2.45. The maximum atomic E-state index is 12.6. The molecule has 2 aromatic rings. The molecule has 0 aliphatic carbocycles. The van der Waals surface area contributed by atoms with E-state index in [-0.39, 0.29) is 11.8 Å². The summed E-state index contributed by atoms with van der Waals surface area (Å²) in [6.45, 7) is 0.952. The SMILES string of the molecule is O=C1NC2(CCN(C(=O)c3ccccc3)C2)N=C1c1cccnc1. The van der Waals surface area contributed by atoms with Crippen molar-refractivity contribution in [1.29, 1.82) is 0 Å². The standard InChI is InChI=1S/C18H16N4O2/c23-16-15(14-7-4-9-19-11-14)20-18(21-16)8-10-22(12-18)17(24)13-5-2-1-3-6-13/h1-7,9,11H,8,10,12H2,(H,21,23). The van der Waals surface area contributed by atoms with Crippen molar-refractivity contribution in [1.82, 2.24) is 15.2 Å². The topological polar surface area (TPSA) is 74.7 Å². The molecule has 1 aromatic heterocycles. The van der Waals surface area contributed by atoms with Crippen LogP contribution in [0, 0.1) is 0 Å². The maximum Gasteiger partial charge on any atom is 0.272 e. The minimum Gasteiger partial charge on any atom is -0.334 e. The first-order chi connectivity index (χ1) is 11.7. The number of carbonyl (C=O) groups excluding carboxylic acids is 2. The molecule has 1 atom stereocenters. The Kier molecular flexibility index (Phi) is 3.37. The number of nitrogens with one attached hydrogen (secondary N) is 1. The van der Waals surface area contributed by atoms with Crippen molar-refractivity contribution in [3.63, 3.8) is 0 Å². The molecular formula is C18H16N4O2. The van der Waals surface area contributed by atoms with Gasteiger partial charge in [-0.2, -0.15) is 0 Å². The molecule has 1 saturated heterocycles. The molecule has 0 bridgehead atoms. The number of likely N-dealkylation sites (tertiary alicyclic amines) is 1. The quantitative estimate of drug-likeness (QED) is 0.905. The molecule has 2 aliphatic rings. The molecule has 4 rings (SSSR count). The third-order valence-corrected chi connectivity index (χ3v) is 4.38. The predicted octanol–water partition coefficient (Wildman–Crippen LogP) is 1.24. The van der Waals surface area contributed by atoms with Gasteiger partial charge in [0.1, 0.15) is 5.71 Å². The summed E-state index contributed by atoms with van der Waals surface area (Å²) in [5.41, 5.74) is 1.01. The number of aliphatic imine (C=N–C) groups is 1. The van der Waals surface area contributed by atoms with Crippen molar-refractivity contribution in [2.75, 3.05) is 13.1 Å². The Labute approximate surface area is 139 Å². The second-order valence-electron chi connectivity index (χ2n) is 6.03. The summed E-state index contributed by atoms with van der Waals surface area (Å²) in [6, 6.07) is 12.7. The summed E-state index contributed by atoms with van der Waals surface area (Å²) in [5, 5.41) is 2.95. The second-order valence-corrected chi connectivity index (χ2v) is 6.03. The van der Waals surface area contributed by atoms with E-state index in [1.807, 2.05) is 24.3 Å². The lowest BCUT2D eigenvalue weighted by molar-refractivity contribution is -0.115. The zero-order valence-corrected chi connectivity index (χ0v) is 13.0. The number of carbonyl (C=O) groups is 2. The molecule has 2 amide bonds. The van der Waals surface area contributed by atoms with Crippen LogP contribution in [-0.4, -0.2) is 46.2 Å². The van der Waals surface area contributed by atoms with Crippen LogP contribution >= 0.6 is 0 Å². The summed E-state index contributed by atoms with van der Waals surface area (Å²) in [5.74, 6) is -0.247. The number of hydrogen-bond acceptors (Lipinski definition) is 4. The van der Waals surface area contributed by atoms with E-state index in [2.05, 4.69) is 15.3 Å². The van der Waals surface area contributed by atoms with E-state index >= 15 is 0 Å². The fraction of sp³-hybridized carbons (Fsp3) is 0.222. The van der Waals surface area contributed by atoms with Crippen LogP contribution in [0.2, 0.25) is 0 Å². The third-order valence-electron chi connectivity index (χ3n) is 4.38. The summed E-state index contributed by atoms with van der Waals surface area (Å²) in [6.07, 6.45) is 3.89. The molecule has 1 fully saturated rings. The van der Waals surface area contributed by atoms with Crippen molar-refractivity contribution in [3.8, 4) is 0 Å². The van der Waals surface area contributed by atoms with E-state index in [0.717, 1.165) is 0 Å². The van der Waals surface area contributed by atoms with Crippen molar-refractivity contribution in [2.45, 2.75) is 12.1 Å². The van der Waals surface area contributed by atoms with E-state index in [1.165, 1.54) is 0 Å². The van der Waals surface area contributed by atoms with Gasteiger partial charge in [-0.05, 0) is 24.3 Å². The Morgan fingerprint density at radius 1 is 1.17 bits per heavy atom. The van der Waals surface area contributed by atoms with Crippen LogP contribution in [0.1, 0.15) is 22.3 Å².